The van der Waals surface area contributed by atoms with Crippen LogP contribution < -0.4 is 4.90 Å². The van der Waals surface area contributed by atoms with Gasteiger partial charge < -0.3 is 10.0 Å². The minimum absolute atomic E-state index is 0.131. The first-order valence-corrected chi connectivity index (χ1v) is 5.17. The Morgan fingerprint density at radius 2 is 2.31 bits per heavy atom. The van der Waals surface area contributed by atoms with Gasteiger partial charge in [-0.15, -0.1) is 0 Å². The highest BCUT2D eigenvalue weighted by atomic mass is 35.5. The van der Waals surface area contributed by atoms with E-state index in [1.54, 1.807) is 18.2 Å². The van der Waals surface area contributed by atoms with Crippen molar-refractivity contribution in [3.8, 4) is 6.07 Å². The van der Waals surface area contributed by atoms with E-state index in [2.05, 4.69) is 0 Å². The van der Waals surface area contributed by atoms with E-state index < -0.39 is 6.10 Å². The maximum atomic E-state index is 11.5. The summed E-state index contributed by atoms with van der Waals surface area (Å²) < 4.78 is 0. The predicted molar refractivity (Wildman–Crippen MR) is 59.1 cm³/mol. The van der Waals surface area contributed by atoms with Gasteiger partial charge in [0, 0.05) is 5.69 Å². The summed E-state index contributed by atoms with van der Waals surface area (Å²) in [7, 11) is 0. The topological polar surface area (TPSA) is 64.3 Å². The van der Waals surface area contributed by atoms with Crippen LogP contribution in [0.4, 0.5) is 5.69 Å². The maximum Gasteiger partial charge on any atom is 0.229 e. The standard InChI is InChI=1S/C11H9ClN2O2/c12-10-3-8(2-1-7(10)5-13)14-6-9(15)4-11(14)16/h1-3,9,15H,4,6H2. The predicted octanol–water partition coefficient (Wildman–Crippen LogP) is 1.31. The van der Waals surface area contributed by atoms with Gasteiger partial charge >= 0.3 is 0 Å². The van der Waals surface area contributed by atoms with Crippen molar-refractivity contribution in [2.75, 3.05) is 11.4 Å². The van der Waals surface area contributed by atoms with E-state index in [1.807, 2.05) is 6.07 Å². The average Bonchev–Trinajstić information content (AvgIpc) is 2.58. The molecule has 0 aromatic heterocycles. The van der Waals surface area contributed by atoms with E-state index in [4.69, 9.17) is 16.9 Å². The molecule has 1 heterocycles. The van der Waals surface area contributed by atoms with Gasteiger partial charge in [-0.25, -0.2) is 0 Å². The Balaban J connectivity index is 2.32. The Bertz CT molecular complexity index is 481. The van der Waals surface area contributed by atoms with Gasteiger partial charge in [-0.3, -0.25) is 4.79 Å². The molecule has 0 saturated carbocycles. The number of hydrogen-bond donors (Lipinski definition) is 1. The molecule has 1 aliphatic rings. The zero-order valence-electron chi connectivity index (χ0n) is 8.35. The fourth-order valence-electron chi connectivity index (χ4n) is 1.70. The molecule has 1 aromatic carbocycles. The van der Waals surface area contributed by atoms with Crippen molar-refractivity contribution >= 4 is 23.2 Å². The van der Waals surface area contributed by atoms with Crippen molar-refractivity contribution in [2.24, 2.45) is 0 Å². The zero-order chi connectivity index (χ0) is 11.7. The summed E-state index contributed by atoms with van der Waals surface area (Å²) in [6, 6.07) is 6.73. The van der Waals surface area contributed by atoms with Crippen LogP contribution in [-0.2, 0) is 4.79 Å². The van der Waals surface area contributed by atoms with E-state index in [0.717, 1.165) is 0 Å². The molecule has 5 heteroatoms. The molecule has 16 heavy (non-hydrogen) atoms. The average molecular weight is 237 g/mol. The first kappa shape index (κ1) is 10.9. The third-order valence-electron chi connectivity index (χ3n) is 2.49. The van der Waals surface area contributed by atoms with Gasteiger partial charge in [0.15, 0.2) is 0 Å². The quantitative estimate of drug-likeness (QED) is 0.800. The number of aliphatic hydroxyl groups excluding tert-OH is 1. The number of halogens is 1. The van der Waals surface area contributed by atoms with E-state index in [0.29, 0.717) is 16.3 Å². The monoisotopic (exact) mass is 236 g/mol. The van der Waals surface area contributed by atoms with E-state index >= 15 is 0 Å². The fraction of sp³-hybridized carbons (Fsp3) is 0.273. The minimum atomic E-state index is -0.623. The summed E-state index contributed by atoms with van der Waals surface area (Å²) in [5, 5.41) is 18.4. The Hall–Kier alpha value is -1.57. The van der Waals surface area contributed by atoms with Crippen LogP contribution >= 0.6 is 11.6 Å². The molecule has 0 bridgehead atoms. The molecule has 1 N–H and O–H groups in total. The molecular formula is C11H9ClN2O2. The third kappa shape index (κ3) is 1.87. The Morgan fingerprint density at radius 1 is 1.56 bits per heavy atom. The van der Waals surface area contributed by atoms with Crippen LogP contribution in [0.5, 0.6) is 0 Å². The first-order valence-electron chi connectivity index (χ1n) is 4.80. The second kappa shape index (κ2) is 4.12. The summed E-state index contributed by atoms with van der Waals surface area (Å²) in [5.74, 6) is -0.131. The first-order chi connectivity index (χ1) is 7.61. The lowest BCUT2D eigenvalue weighted by Gasteiger charge is -2.16. The molecule has 2 rings (SSSR count). The van der Waals surface area contributed by atoms with Crippen LogP contribution in [-0.4, -0.2) is 23.7 Å². The van der Waals surface area contributed by atoms with Gasteiger partial charge in [0.2, 0.25) is 5.91 Å². The SMILES string of the molecule is N#Cc1ccc(N2CC(O)CC2=O)cc1Cl. The Kier molecular flexibility index (Phi) is 2.82. The molecule has 1 unspecified atom stereocenters. The number of nitrogens with zero attached hydrogens (tertiary/aromatic N) is 2. The van der Waals surface area contributed by atoms with Gasteiger partial charge in [0.05, 0.1) is 29.7 Å². The summed E-state index contributed by atoms with van der Waals surface area (Å²) in [4.78, 5) is 13.0. The van der Waals surface area contributed by atoms with E-state index in [1.165, 1.54) is 4.90 Å². The largest absolute Gasteiger partial charge is 0.391 e. The Labute approximate surface area is 97.7 Å². The van der Waals surface area contributed by atoms with Crippen LogP contribution in [0.25, 0.3) is 0 Å². The molecule has 82 valence electrons. The molecule has 1 aromatic rings. The number of benzene rings is 1. The normalized spacial score (nSPS) is 19.9. The van der Waals surface area contributed by atoms with Crippen LogP contribution in [0.15, 0.2) is 18.2 Å². The highest BCUT2D eigenvalue weighted by Crippen LogP contribution is 2.26. The van der Waals surface area contributed by atoms with Gasteiger partial charge in [-0.2, -0.15) is 5.26 Å². The van der Waals surface area contributed by atoms with Crippen molar-refractivity contribution in [2.45, 2.75) is 12.5 Å². The highest BCUT2D eigenvalue weighted by molar-refractivity contribution is 6.32. The van der Waals surface area contributed by atoms with Crippen LogP contribution in [0.1, 0.15) is 12.0 Å². The number of carbonyl (C=O) groups excluding carboxylic acids is 1. The number of amides is 1. The summed E-state index contributed by atoms with van der Waals surface area (Å²) in [6.07, 6.45) is -0.487. The molecule has 4 nitrogen and oxygen atoms in total. The van der Waals surface area contributed by atoms with Crippen molar-refractivity contribution in [1.82, 2.24) is 0 Å². The number of nitriles is 1. The molecule has 1 fully saturated rings. The van der Waals surface area contributed by atoms with Crippen LogP contribution in [0, 0.1) is 11.3 Å². The number of β-amino-alcohol motifs (C(OH)–C–C–N with tert-alkyl or cyclic N) is 1. The van der Waals surface area contributed by atoms with E-state index in [-0.39, 0.29) is 18.9 Å². The van der Waals surface area contributed by atoms with Gasteiger partial charge in [0.25, 0.3) is 0 Å². The maximum absolute atomic E-state index is 11.5. The second-order valence-corrected chi connectivity index (χ2v) is 4.05. The number of hydrogen-bond acceptors (Lipinski definition) is 3. The molecule has 1 aliphatic heterocycles. The number of anilines is 1. The number of carbonyl (C=O) groups is 1. The number of rotatable bonds is 1. The molecule has 1 amide bonds. The van der Waals surface area contributed by atoms with Crippen molar-refractivity contribution in [3.63, 3.8) is 0 Å². The lowest BCUT2D eigenvalue weighted by molar-refractivity contribution is -0.117. The zero-order valence-corrected chi connectivity index (χ0v) is 9.11. The Morgan fingerprint density at radius 3 is 2.81 bits per heavy atom. The molecule has 0 radical (unpaired) electrons. The molecule has 1 saturated heterocycles. The highest BCUT2D eigenvalue weighted by Gasteiger charge is 2.29. The summed E-state index contributed by atoms with van der Waals surface area (Å²) in [5.41, 5.74) is 0.989. The lowest BCUT2D eigenvalue weighted by atomic mass is 10.2. The molecule has 0 spiro atoms. The molecular weight excluding hydrogens is 228 g/mol. The van der Waals surface area contributed by atoms with E-state index in [9.17, 15) is 9.90 Å². The smallest absolute Gasteiger partial charge is 0.229 e. The van der Waals surface area contributed by atoms with Gasteiger partial charge in [-0.1, -0.05) is 11.6 Å². The molecule has 1 atom stereocenters. The van der Waals surface area contributed by atoms with Gasteiger partial charge in [-0.05, 0) is 18.2 Å². The van der Waals surface area contributed by atoms with Crippen molar-refractivity contribution in [1.29, 1.82) is 5.26 Å². The molecule has 0 aliphatic carbocycles. The lowest BCUT2D eigenvalue weighted by Crippen LogP contribution is -2.25. The second-order valence-electron chi connectivity index (χ2n) is 3.64. The summed E-state index contributed by atoms with van der Waals surface area (Å²) in [6.45, 7) is 0.279. The van der Waals surface area contributed by atoms with Crippen molar-refractivity contribution in [3.05, 3.63) is 28.8 Å². The van der Waals surface area contributed by atoms with Crippen molar-refractivity contribution < 1.29 is 9.90 Å². The van der Waals surface area contributed by atoms with Gasteiger partial charge in [0.1, 0.15) is 6.07 Å². The number of aliphatic hydroxyl groups is 1. The minimum Gasteiger partial charge on any atom is -0.391 e. The third-order valence-corrected chi connectivity index (χ3v) is 2.80. The van der Waals surface area contributed by atoms with Crippen LogP contribution in [0.2, 0.25) is 5.02 Å². The van der Waals surface area contributed by atoms with Crippen LogP contribution in [0.3, 0.4) is 0 Å². The summed E-state index contributed by atoms with van der Waals surface area (Å²) >= 11 is 5.87. The fourth-order valence-corrected chi connectivity index (χ4v) is 1.92.